The number of fused-ring (bicyclic) bond motifs is 1. The van der Waals surface area contributed by atoms with Crippen LogP contribution in [0.3, 0.4) is 0 Å². The highest BCUT2D eigenvalue weighted by molar-refractivity contribution is 5.69. The molecule has 0 aromatic carbocycles. The second-order valence-corrected chi connectivity index (χ2v) is 1.90. The Morgan fingerprint density at radius 3 is 3.40 bits per heavy atom. The van der Waals surface area contributed by atoms with Gasteiger partial charge < -0.3 is 9.40 Å². The molecular weight excluding hydrogens is 132 g/mol. The maximum absolute atomic E-state index is 10.6. The number of nitrogens with one attached hydrogen (secondary N) is 1. The van der Waals surface area contributed by atoms with E-state index in [0.29, 0.717) is 11.1 Å². The average Bonchev–Trinajstić information content (AvgIpc) is 2.33. The first-order chi connectivity index (χ1) is 4.86. The summed E-state index contributed by atoms with van der Waals surface area (Å²) in [6, 6.07) is 1.36. The number of pyridine rings is 1. The molecule has 10 heavy (non-hydrogen) atoms. The molecule has 0 aliphatic rings. The third-order valence-corrected chi connectivity index (χ3v) is 1.24. The fourth-order valence-electron chi connectivity index (χ4n) is 0.780. The summed E-state index contributed by atoms with van der Waals surface area (Å²) in [5.41, 5.74) is 1.01. The van der Waals surface area contributed by atoms with Crippen LogP contribution in [0.2, 0.25) is 0 Å². The van der Waals surface area contributed by atoms with Crippen molar-refractivity contribution in [1.82, 2.24) is 9.97 Å². The van der Waals surface area contributed by atoms with Gasteiger partial charge in [-0.05, 0) is 0 Å². The number of aromatic nitrogens is 2. The molecule has 1 N–H and O–H groups in total. The van der Waals surface area contributed by atoms with Gasteiger partial charge in [0.15, 0.2) is 12.0 Å². The molecule has 0 saturated carbocycles. The first kappa shape index (κ1) is 5.22. The predicted molar refractivity (Wildman–Crippen MR) is 34.6 cm³/mol. The number of hydrogen-bond acceptors (Lipinski definition) is 3. The highest BCUT2D eigenvalue weighted by atomic mass is 16.3. The molecule has 0 saturated heterocycles. The van der Waals surface area contributed by atoms with Gasteiger partial charge in [0.2, 0.25) is 0 Å². The molecule has 0 aliphatic carbocycles. The van der Waals surface area contributed by atoms with Gasteiger partial charge in [-0.25, -0.2) is 4.98 Å². The van der Waals surface area contributed by atoms with E-state index in [1.165, 1.54) is 18.7 Å². The lowest BCUT2D eigenvalue weighted by Gasteiger charge is -1.80. The summed E-state index contributed by atoms with van der Waals surface area (Å²) in [5.74, 6) is 0. The fraction of sp³-hybridized carbons (Fsp3) is 0. The maximum Gasteiger partial charge on any atom is 0.251 e. The lowest BCUT2D eigenvalue weighted by molar-refractivity contribution is 0.601. The summed E-state index contributed by atoms with van der Waals surface area (Å²) in [4.78, 5) is 16.9. The molecule has 0 atom stereocenters. The second kappa shape index (κ2) is 1.70. The van der Waals surface area contributed by atoms with E-state index in [-0.39, 0.29) is 5.56 Å². The van der Waals surface area contributed by atoms with Crippen LogP contribution < -0.4 is 5.56 Å². The molecule has 0 unspecified atom stereocenters. The van der Waals surface area contributed by atoms with Gasteiger partial charge >= 0.3 is 0 Å². The van der Waals surface area contributed by atoms with Crippen LogP contribution in [0.4, 0.5) is 0 Å². The second-order valence-electron chi connectivity index (χ2n) is 1.90. The largest absolute Gasteiger partial charge is 0.443 e. The molecule has 4 heteroatoms. The van der Waals surface area contributed by atoms with Crippen molar-refractivity contribution in [3.63, 3.8) is 0 Å². The third kappa shape index (κ3) is 0.621. The Kier molecular flexibility index (Phi) is 0.887. The lowest BCUT2D eigenvalue weighted by atomic mass is 10.4. The summed E-state index contributed by atoms with van der Waals surface area (Å²) in [6.07, 6.45) is 2.82. The quantitative estimate of drug-likeness (QED) is 0.574. The van der Waals surface area contributed by atoms with Crippen LogP contribution in [-0.2, 0) is 0 Å². The first-order valence-corrected chi connectivity index (χ1v) is 2.78. The summed E-state index contributed by atoms with van der Waals surface area (Å²) < 4.78 is 4.87. The fourth-order valence-corrected chi connectivity index (χ4v) is 0.780. The van der Waals surface area contributed by atoms with E-state index in [0.717, 1.165) is 0 Å². The van der Waals surface area contributed by atoms with E-state index in [4.69, 9.17) is 4.42 Å². The van der Waals surface area contributed by atoms with Crippen molar-refractivity contribution in [2.75, 3.05) is 0 Å². The van der Waals surface area contributed by atoms with Gasteiger partial charge in [-0.3, -0.25) is 4.79 Å². The minimum atomic E-state index is -0.177. The predicted octanol–water partition coefficient (Wildman–Crippen LogP) is 0.516. The number of oxazole rings is 1. The zero-order valence-corrected chi connectivity index (χ0v) is 5.00. The number of aromatic amines is 1. The van der Waals surface area contributed by atoms with E-state index in [1.807, 2.05) is 0 Å². The van der Waals surface area contributed by atoms with E-state index in [1.54, 1.807) is 0 Å². The molecule has 0 bridgehead atoms. The van der Waals surface area contributed by atoms with E-state index in [9.17, 15) is 4.79 Å². The Morgan fingerprint density at radius 1 is 1.60 bits per heavy atom. The Bertz CT molecular complexity index is 401. The lowest BCUT2D eigenvalue weighted by Crippen LogP contribution is -2.00. The Labute approximate surface area is 55.5 Å². The van der Waals surface area contributed by atoms with Crippen molar-refractivity contribution in [2.24, 2.45) is 0 Å². The molecule has 50 valence electrons. The molecular formula is C6H4N2O2. The van der Waals surface area contributed by atoms with Crippen LogP contribution in [0.25, 0.3) is 11.1 Å². The number of hydrogen-bond donors (Lipinski definition) is 1. The van der Waals surface area contributed by atoms with Crippen LogP contribution in [0, 0.1) is 0 Å². The van der Waals surface area contributed by atoms with Gasteiger partial charge in [0, 0.05) is 12.3 Å². The van der Waals surface area contributed by atoms with E-state index >= 15 is 0 Å². The Morgan fingerprint density at radius 2 is 2.50 bits per heavy atom. The molecule has 0 aliphatic heterocycles. The van der Waals surface area contributed by atoms with Gasteiger partial charge in [-0.2, -0.15) is 0 Å². The SMILES string of the molecule is O=c1cc2ocnc2c[nH]1. The van der Waals surface area contributed by atoms with E-state index < -0.39 is 0 Å². The molecule has 0 fully saturated rings. The minimum absolute atomic E-state index is 0.177. The monoisotopic (exact) mass is 136 g/mol. The summed E-state index contributed by atoms with van der Waals surface area (Å²) in [5, 5.41) is 0. The average molecular weight is 136 g/mol. The van der Waals surface area contributed by atoms with Crippen LogP contribution in [-0.4, -0.2) is 9.97 Å². The summed E-state index contributed by atoms with van der Waals surface area (Å²) in [7, 11) is 0. The summed E-state index contributed by atoms with van der Waals surface area (Å²) >= 11 is 0. The van der Waals surface area contributed by atoms with Crippen molar-refractivity contribution in [1.29, 1.82) is 0 Å². The molecule has 0 spiro atoms. The maximum atomic E-state index is 10.6. The first-order valence-electron chi connectivity index (χ1n) is 2.78. The van der Waals surface area contributed by atoms with Crippen molar-refractivity contribution in [3.05, 3.63) is 29.0 Å². The van der Waals surface area contributed by atoms with Gasteiger partial charge in [0.25, 0.3) is 5.56 Å². The van der Waals surface area contributed by atoms with Gasteiger partial charge in [-0.1, -0.05) is 0 Å². The molecule has 0 radical (unpaired) electrons. The van der Waals surface area contributed by atoms with Crippen molar-refractivity contribution >= 4 is 11.1 Å². The van der Waals surface area contributed by atoms with Crippen molar-refractivity contribution in [2.45, 2.75) is 0 Å². The van der Waals surface area contributed by atoms with Crippen molar-refractivity contribution in [3.8, 4) is 0 Å². The smallest absolute Gasteiger partial charge is 0.251 e. The van der Waals surface area contributed by atoms with Crippen LogP contribution in [0.1, 0.15) is 0 Å². The normalized spacial score (nSPS) is 10.4. The summed E-state index contributed by atoms with van der Waals surface area (Å²) in [6.45, 7) is 0. The minimum Gasteiger partial charge on any atom is -0.443 e. The number of H-pyrrole nitrogens is 1. The Hall–Kier alpha value is -1.58. The van der Waals surface area contributed by atoms with Gasteiger partial charge in [0.1, 0.15) is 5.52 Å². The molecule has 4 nitrogen and oxygen atoms in total. The zero-order valence-electron chi connectivity index (χ0n) is 5.00. The molecule has 2 heterocycles. The number of nitrogens with zero attached hydrogens (tertiary/aromatic N) is 1. The molecule has 2 rings (SSSR count). The molecule has 0 amide bonds. The van der Waals surface area contributed by atoms with Crippen LogP contribution >= 0.6 is 0 Å². The standard InChI is InChI=1S/C6H4N2O2/c9-6-1-5-4(2-7-6)8-3-10-5/h1-3H,(H,7,9). The van der Waals surface area contributed by atoms with Crippen LogP contribution in [0.15, 0.2) is 27.9 Å². The van der Waals surface area contributed by atoms with Crippen LogP contribution in [0.5, 0.6) is 0 Å². The van der Waals surface area contributed by atoms with E-state index in [2.05, 4.69) is 9.97 Å². The van der Waals surface area contributed by atoms with Crippen molar-refractivity contribution < 1.29 is 4.42 Å². The highest BCUT2D eigenvalue weighted by Gasteiger charge is 1.95. The highest BCUT2D eigenvalue weighted by Crippen LogP contribution is 2.05. The third-order valence-electron chi connectivity index (χ3n) is 1.24. The molecule has 2 aromatic heterocycles. The van der Waals surface area contributed by atoms with Gasteiger partial charge in [0.05, 0.1) is 0 Å². The molecule has 2 aromatic rings. The zero-order chi connectivity index (χ0) is 6.97. The Balaban J connectivity index is 2.99. The topological polar surface area (TPSA) is 58.9 Å². The van der Waals surface area contributed by atoms with Gasteiger partial charge in [-0.15, -0.1) is 0 Å². The number of rotatable bonds is 0.